The summed E-state index contributed by atoms with van der Waals surface area (Å²) in [5.74, 6) is 0. The number of hydrogen-bond acceptors (Lipinski definition) is 2. The summed E-state index contributed by atoms with van der Waals surface area (Å²) in [6, 6.07) is 0. The maximum Gasteiger partial charge on any atom is 0.0506 e. The Morgan fingerprint density at radius 1 is 1.24 bits per heavy atom. The molecule has 1 aliphatic heterocycles. The molecule has 0 N–H and O–H groups in total. The number of likely N-dealkylation sites (N-methyl/N-ethyl adjacent to an activating group) is 1. The SMILES string of the molecule is CCC1=C(N2CCN(C)CC2)C(Br)=CC=CC1. The van der Waals surface area contributed by atoms with Crippen LogP contribution in [0.5, 0.6) is 0 Å². The van der Waals surface area contributed by atoms with E-state index in [0.717, 1.165) is 39.0 Å². The van der Waals surface area contributed by atoms with E-state index in [2.05, 4.69) is 57.9 Å². The maximum absolute atomic E-state index is 3.73. The molecule has 1 saturated heterocycles. The molecule has 2 rings (SSSR count). The maximum atomic E-state index is 3.73. The molecule has 94 valence electrons. The highest BCUT2D eigenvalue weighted by molar-refractivity contribution is 9.12. The van der Waals surface area contributed by atoms with Crippen LogP contribution >= 0.6 is 15.9 Å². The first-order valence-corrected chi connectivity index (χ1v) is 7.20. The van der Waals surface area contributed by atoms with Gasteiger partial charge >= 0.3 is 0 Å². The van der Waals surface area contributed by atoms with Crippen LogP contribution in [0.15, 0.2) is 34.0 Å². The van der Waals surface area contributed by atoms with Gasteiger partial charge in [0.1, 0.15) is 0 Å². The van der Waals surface area contributed by atoms with Crippen molar-refractivity contribution in [3.8, 4) is 0 Å². The molecule has 2 aliphatic rings. The number of halogens is 1. The minimum atomic E-state index is 1.09. The molecule has 2 nitrogen and oxygen atoms in total. The van der Waals surface area contributed by atoms with Gasteiger partial charge in [0, 0.05) is 30.7 Å². The van der Waals surface area contributed by atoms with E-state index in [0.29, 0.717) is 0 Å². The third-order valence-electron chi connectivity index (χ3n) is 3.55. The van der Waals surface area contributed by atoms with E-state index >= 15 is 0 Å². The first kappa shape index (κ1) is 12.9. The van der Waals surface area contributed by atoms with Crippen LogP contribution in [-0.2, 0) is 0 Å². The molecular formula is C14H21BrN2. The standard InChI is InChI=1S/C14H21BrN2/c1-3-12-6-4-5-7-13(15)14(12)17-10-8-16(2)9-11-17/h4-5,7H,3,6,8-11H2,1-2H3. The van der Waals surface area contributed by atoms with Gasteiger partial charge in [-0.15, -0.1) is 0 Å². The van der Waals surface area contributed by atoms with Gasteiger partial charge in [-0.1, -0.05) is 19.1 Å². The molecule has 1 heterocycles. The van der Waals surface area contributed by atoms with Gasteiger partial charge in [0.2, 0.25) is 0 Å². The predicted molar refractivity (Wildman–Crippen MR) is 77.2 cm³/mol. The Bertz CT molecular complexity index is 360. The van der Waals surface area contributed by atoms with Crippen LogP contribution in [0.3, 0.4) is 0 Å². The van der Waals surface area contributed by atoms with Crippen molar-refractivity contribution in [2.75, 3.05) is 33.2 Å². The molecule has 0 aromatic heterocycles. The van der Waals surface area contributed by atoms with Gasteiger partial charge in [0.25, 0.3) is 0 Å². The molecule has 0 saturated carbocycles. The number of allylic oxidation sites excluding steroid dienone is 5. The Hall–Kier alpha value is -0.540. The number of hydrogen-bond donors (Lipinski definition) is 0. The molecule has 0 spiro atoms. The van der Waals surface area contributed by atoms with Gasteiger partial charge in [-0.25, -0.2) is 0 Å². The topological polar surface area (TPSA) is 6.48 Å². The fourth-order valence-electron chi connectivity index (χ4n) is 2.42. The molecule has 0 atom stereocenters. The lowest BCUT2D eigenvalue weighted by Gasteiger charge is -2.36. The molecule has 1 fully saturated rings. The summed E-state index contributed by atoms with van der Waals surface area (Å²) in [6.07, 6.45) is 8.81. The third kappa shape index (κ3) is 3.02. The normalized spacial score (nSPS) is 22.8. The summed E-state index contributed by atoms with van der Waals surface area (Å²) in [6.45, 7) is 6.85. The van der Waals surface area contributed by atoms with E-state index in [1.807, 2.05) is 0 Å². The van der Waals surface area contributed by atoms with E-state index < -0.39 is 0 Å². The van der Waals surface area contributed by atoms with Crippen molar-refractivity contribution >= 4 is 15.9 Å². The Labute approximate surface area is 113 Å². The zero-order valence-electron chi connectivity index (χ0n) is 10.7. The summed E-state index contributed by atoms with van der Waals surface area (Å²) >= 11 is 3.73. The molecular weight excluding hydrogens is 276 g/mol. The number of piperazine rings is 1. The Balaban J connectivity index is 2.23. The zero-order valence-corrected chi connectivity index (χ0v) is 12.3. The Kier molecular flexibility index (Phi) is 4.46. The quantitative estimate of drug-likeness (QED) is 0.772. The monoisotopic (exact) mass is 296 g/mol. The van der Waals surface area contributed by atoms with Gasteiger partial charge in [0.15, 0.2) is 0 Å². The number of rotatable bonds is 2. The first-order chi connectivity index (χ1) is 8.22. The molecule has 0 radical (unpaired) electrons. The highest BCUT2D eigenvalue weighted by Gasteiger charge is 2.20. The molecule has 0 bridgehead atoms. The van der Waals surface area contributed by atoms with Crippen molar-refractivity contribution in [2.24, 2.45) is 0 Å². The molecule has 0 aromatic carbocycles. The largest absolute Gasteiger partial charge is 0.368 e. The van der Waals surface area contributed by atoms with Gasteiger partial charge in [-0.05, 0) is 47.5 Å². The second kappa shape index (κ2) is 5.87. The lowest BCUT2D eigenvalue weighted by molar-refractivity contribution is 0.188. The van der Waals surface area contributed by atoms with Crippen LogP contribution < -0.4 is 0 Å². The van der Waals surface area contributed by atoms with Gasteiger partial charge in [-0.3, -0.25) is 0 Å². The van der Waals surface area contributed by atoms with Gasteiger partial charge < -0.3 is 9.80 Å². The summed E-state index contributed by atoms with van der Waals surface area (Å²) in [5.41, 5.74) is 2.98. The molecule has 3 heteroatoms. The highest BCUT2D eigenvalue weighted by Crippen LogP contribution is 2.30. The lowest BCUT2D eigenvalue weighted by atomic mass is 10.1. The lowest BCUT2D eigenvalue weighted by Crippen LogP contribution is -2.44. The van der Waals surface area contributed by atoms with E-state index in [9.17, 15) is 0 Å². The summed E-state index contributed by atoms with van der Waals surface area (Å²) < 4.78 is 1.24. The van der Waals surface area contributed by atoms with Crippen LogP contribution in [-0.4, -0.2) is 43.0 Å². The fourth-order valence-corrected chi connectivity index (χ4v) is 3.11. The van der Waals surface area contributed by atoms with E-state index in [1.165, 1.54) is 10.2 Å². The Morgan fingerprint density at radius 3 is 2.59 bits per heavy atom. The summed E-state index contributed by atoms with van der Waals surface area (Å²) in [7, 11) is 2.20. The van der Waals surface area contributed by atoms with Crippen LogP contribution in [0.4, 0.5) is 0 Å². The van der Waals surface area contributed by atoms with Crippen molar-refractivity contribution in [2.45, 2.75) is 19.8 Å². The summed E-state index contributed by atoms with van der Waals surface area (Å²) in [4.78, 5) is 4.93. The highest BCUT2D eigenvalue weighted by atomic mass is 79.9. The first-order valence-electron chi connectivity index (χ1n) is 6.40. The van der Waals surface area contributed by atoms with Crippen LogP contribution in [0.1, 0.15) is 19.8 Å². The predicted octanol–water partition coefficient (Wildman–Crippen LogP) is 3.14. The third-order valence-corrected chi connectivity index (χ3v) is 4.19. The molecule has 0 aromatic rings. The smallest absolute Gasteiger partial charge is 0.0506 e. The average Bonchev–Trinajstić information content (AvgIpc) is 2.52. The van der Waals surface area contributed by atoms with Crippen molar-refractivity contribution in [3.05, 3.63) is 34.0 Å². The Morgan fingerprint density at radius 2 is 1.94 bits per heavy atom. The molecule has 17 heavy (non-hydrogen) atoms. The number of nitrogens with zero attached hydrogens (tertiary/aromatic N) is 2. The van der Waals surface area contributed by atoms with Crippen molar-refractivity contribution < 1.29 is 0 Å². The van der Waals surface area contributed by atoms with E-state index in [-0.39, 0.29) is 0 Å². The van der Waals surface area contributed by atoms with Gasteiger partial charge in [0.05, 0.1) is 5.70 Å². The fraction of sp³-hybridized carbons (Fsp3) is 0.571. The minimum Gasteiger partial charge on any atom is -0.368 e. The second-order valence-corrected chi connectivity index (χ2v) is 5.60. The molecule has 1 aliphatic carbocycles. The average molecular weight is 297 g/mol. The van der Waals surface area contributed by atoms with Crippen molar-refractivity contribution in [1.82, 2.24) is 9.80 Å². The summed E-state index contributed by atoms with van der Waals surface area (Å²) in [5, 5.41) is 0. The van der Waals surface area contributed by atoms with Crippen molar-refractivity contribution in [3.63, 3.8) is 0 Å². The van der Waals surface area contributed by atoms with Crippen LogP contribution in [0.25, 0.3) is 0 Å². The molecule has 0 unspecified atom stereocenters. The minimum absolute atomic E-state index is 1.09. The molecule has 0 amide bonds. The second-order valence-electron chi connectivity index (χ2n) is 4.74. The van der Waals surface area contributed by atoms with Gasteiger partial charge in [-0.2, -0.15) is 0 Å². The van der Waals surface area contributed by atoms with Crippen LogP contribution in [0, 0.1) is 0 Å². The van der Waals surface area contributed by atoms with E-state index in [4.69, 9.17) is 0 Å². The van der Waals surface area contributed by atoms with Crippen LogP contribution in [0.2, 0.25) is 0 Å². The zero-order chi connectivity index (χ0) is 12.3. The van der Waals surface area contributed by atoms with E-state index in [1.54, 1.807) is 5.57 Å². The van der Waals surface area contributed by atoms with Crippen molar-refractivity contribution in [1.29, 1.82) is 0 Å².